The highest BCUT2D eigenvalue weighted by Gasteiger charge is 2.24. The van der Waals surface area contributed by atoms with E-state index in [1.54, 1.807) is 7.05 Å². The zero-order valence-electron chi connectivity index (χ0n) is 14.6. The first kappa shape index (κ1) is 17.9. The van der Waals surface area contributed by atoms with Crippen molar-refractivity contribution in [1.29, 1.82) is 0 Å². The van der Waals surface area contributed by atoms with Crippen molar-refractivity contribution in [1.82, 2.24) is 20.5 Å². The number of hydrogen-bond acceptors (Lipinski definition) is 4. The van der Waals surface area contributed by atoms with Crippen molar-refractivity contribution in [2.45, 2.75) is 45.2 Å². The van der Waals surface area contributed by atoms with Gasteiger partial charge in [-0.1, -0.05) is 19.9 Å². The number of hydrogen-bond donors (Lipinski definition) is 2. The summed E-state index contributed by atoms with van der Waals surface area (Å²) in [7, 11) is 1.69. The molecule has 5 heteroatoms. The third kappa shape index (κ3) is 5.92. The summed E-state index contributed by atoms with van der Waals surface area (Å²) < 4.78 is 0. The molecule has 0 bridgehead atoms. The lowest BCUT2D eigenvalue weighted by atomic mass is 9.97. The third-order valence-electron chi connectivity index (χ3n) is 4.42. The summed E-state index contributed by atoms with van der Waals surface area (Å²) in [5, 5.41) is 6.50. The fraction of sp³-hybridized carbons (Fsp3) is 0.667. The molecule has 2 rings (SSSR count). The van der Waals surface area contributed by atoms with Gasteiger partial charge >= 0.3 is 0 Å². The lowest BCUT2D eigenvalue weighted by molar-refractivity contribution is -0.122. The van der Waals surface area contributed by atoms with Gasteiger partial charge in [-0.2, -0.15) is 0 Å². The van der Waals surface area contributed by atoms with Crippen LogP contribution in [0.4, 0.5) is 0 Å². The summed E-state index contributed by atoms with van der Waals surface area (Å²) in [6, 6.07) is 6.95. The predicted octanol–water partition coefficient (Wildman–Crippen LogP) is 1.97. The van der Waals surface area contributed by atoms with Gasteiger partial charge in [-0.05, 0) is 37.3 Å². The van der Waals surface area contributed by atoms with Crippen molar-refractivity contribution in [2.24, 2.45) is 5.92 Å². The molecular weight excluding hydrogens is 288 g/mol. The van der Waals surface area contributed by atoms with Gasteiger partial charge in [0.05, 0.1) is 12.2 Å². The van der Waals surface area contributed by atoms with Crippen LogP contribution in [0.15, 0.2) is 24.4 Å². The lowest BCUT2D eigenvalue weighted by Crippen LogP contribution is -2.46. The van der Waals surface area contributed by atoms with Crippen molar-refractivity contribution in [3.05, 3.63) is 30.1 Å². The molecule has 0 aliphatic carbocycles. The first-order valence-electron chi connectivity index (χ1n) is 8.68. The van der Waals surface area contributed by atoms with Crippen molar-refractivity contribution < 1.29 is 4.79 Å². The molecule has 0 radical (unpaired) electrons. The first-order valence-corrected chi connectivity index (χ1v) is 8.68. The number of pyridine rings is 1. The molecule has 1 aromatic rings. The normalized spacial score (nSPS) is 18.1. The van der Waals surface area contributed by atoms with Crippen LogP contribution in [0, 0.1) is 5.92 Å². The molecule has 1 aliphatic heterocycles. The van der Waals surface area contributed by atoms with Gasteiger partial charge in [0.1, 0.15) is 0 Å². The molecule has 128 valence electrons. The summed E-state index contributed by atoms with van der Waals surface area (Å²) in [6.45, 7) is 6.97. The summed E-state index contributed by atoms with van der Waals surface area (Å²) >= 11 is 0. The maximum absolute atomic E-state index is 11.5. The molecule has 5 nitrogen and oxygen atoms in total. The second kappa shape index (κ2) is 8.99. The average Bonchev–Trinajstić information content (AvgIpc) is 2.56. The minimum absolute atomic E-state index is 0.0996. The topological polar surface area (TPSA) is 57.3 Å². The van der Waals surface area contributed by atoms with Gasteiger partial charge in [-0.3, -0.25) is 14.7 Å². The van der Waals surface area contributed by atoms with Crippen LogP contribution in [-0.2, 0) is 4.79 Å². The molecule has 2 N–H and O–H groups in total. The van der Waals surface area contributed by atoms with E-state index >= 15 is 0 Å². The van der Waals surface area contributed by atoms with E-state index in [4.69, 9.17) is 0 Å². The molecule has 1 atom stereocenters. The van der Waals surface area contributed by atoms with Gasteiger partial charge in [0, 0.05) is 38.4 Å². The minimum Gasteiger partial charge on any atom is -0.358 e. The number of aromatic nitrogens is 1. The molecule has 1 fully saturated rings. The minimum atomic E-state index is 0.0996. The Labute approximate surface area is 139 Å². The third-order valence-corrected chi connectivity index (χ3v) is 4.42. The van der Waals surface area contributed by atoms with Crippen LogP contribution in [-0.4, -0.2) is 48.5 Å². The van der Waals surface area contributed by atoms with Crippen molar-refractivity contribution >= 4 is 5.91 Å². The number of carbonyl (C=O) groups is 1. The van der Waals surface area contributed by atoms with E-state index in [9.17, 15) is 4.79 Å². The van der Waals surface area contributed by atoms with E-state index in [0.717, 1.165) is 38.0 Å². The number of carbonyl (C=O) groups excluding carboxylic acids is 1. The Bertz CT molecular complexity index is 469. The van der Waals surface area contributed by atoms with Crippen LogP contribution < -0.4 is 10.6 Å². The first-order chi connectivity index (χ1) is 11.1. The fourth-order valence-electron chi connectivity index (χ4n) is 3.15. The quantitative estimate of drug-likeness (QED) is 0.807. The lowest BCUT2D eigenvalue weighted by Gasteiger charge is -2.34. The predicted molar refractivity (Wildman–Crippen MR) is 93.1 cm³/mol. The molecule has 1 aromatic heterocycles. The Morgan fingerprint density at radius 2 is 2.09 bits per heavy atom. The molecule has 1 amide bonds. The van der Waals surface area contributed by atoms with Crippen LogP contribution in [0.3, 0.4) is 0 Å². The number of amides is 1. The summed E-state index contributed by atoms with van der Waals surface area (Å²) in [5.74, 6) is 0.727. The molecule has 0 aromatic carbocycles. The smallest absolute Gasteiger partial charge is 0.233 e. The molecule has 0 spiro atoms. The average molecular weight is 318 g/mol. The van der Waals surface area contributed by atoms with Crippen LogP contribution in [0.5, 0.6) is 0 Å². The van der Waals surface area contributed by atoms with E-state index in [1.807, 2.05) is 12.3 Å². The Balaban J connectivity index is 1.88. The van der Waals surface area contributed by atoms with E-state index < -0.39 is 0 Å². The number of piperidine rings is 1. The zero-order chi connectivity index (χ0) is 16.7. The highest BCUT2D eigenvalue weighted by Crippen LogP contribution is 2.22. The second-order valence-corrected chi connectivity index (χ2v) is 6.83. The molecule has 1 unspecified atom stereocenters. The van der Waals surface area contributed by atoms with Crippen molar-refractivity contribution in [3.63, 3.8) is 0 Å². The second-order valence-electron chi connectivity index (χ2n) is 6.83. The Morgan fingerprint density at radius 3 is 2.65 bits per heavy atom. The van der Waals surface area contributed by atoms with Crippen molar-refractivity contribution in [2.75, 3.05) is 26.7 Å². The number of likely N-dealkylation sites (tertiary alicyclic amines) is 1. The van der Waals surface area contributed by atoms with Gasteiger partial charge in [0.2, 0.25) is 5.91 Å². The van der Waals surface area contributed by atoms with Gasteiger partial charge in [-0.25, -0.2) is 0 Å². The monoisotopic (exact) mass is 318 g/mol. The van der Waals surface area contributed by atoms with E-state index in [-0.39, 0.29) is 5.91 Å². The van der Waals surface area contributed by atoms with Gasteiger partial charge in [0.15, 0.2) is 0 Å². The van der Waals surface area contributed by atoms with E-state index in [0.29, 0.717) is 24.5 Å². The molecule has 1 saturated heterocycles. The summed E-state index contributed by atoms with van der Waals surface area (Å²) in [6.07, 6.45) is 5.13. The standard InChI is InChI=1S/C18H30N4O/c1-14(2)12-17(16-6-4-5-9-20-16)21-15-7-10-22(11-8-15)13-18(23)19-3/h4-6,9,14-15,17,21H,7-8,10-13H2,1-3H3,(H,19,23). The summed E-state index contributed by atoms with van der Waals surface area (Å²) in [4.78, 5) is 18.2. The maximum atomic E-state index is 11.5. The fourth-order valence-corrected chi connectivity index (χ4v) is 3.15. The molecule has 23 heavy (non-hydrogen) atoms. The largest absolute Gasteiger partial charge is 0.358 e. The highest BCUT2D eigenvalue weighted by atomic mass is 16.1. The zero-order valence-corrected chi connectivity index (χ0v) is 14.6. The SMILES string of the molecule is CNC(=O)CN1CCC(NC(CC(C)C)c2ccccn2)CC1. The molecular formula is C18H30N4O. The van der Waals surface area contributed by atoms with Gasteiger partial charge < -0.3 is 10.6 Å². The van der Waals surface area contributed by atoms with Crippen LogP contribution in [0.1, 0.15) is 44.8 Å². The Kier molecular flexibility index (Phi) is 6.99. The van der Waals surface area contributed by atoms with E-state index in [1.165, 1.54) is 0 Å². The van der Waals surface area contributed by atoms with Crippen molar-refractivity contribution in [3.8, 4) is 0 Å². The number of nitrogens with zero attached hydrogens (tertiary/aromatic N) is 2. The van der Waals surface area contributed by atoms with Crippen LogP contribution in [0.25, 0.3) is 0 Å². The molecule has 2 heterocycles. The van der Waals surface area contributed by atoms with Crippen LogP contribution >= 0.6 is 0 Å². The molecule has 0 saturated carbocycles. The maximum Gasteiger partial charge on any atom is 0.233 e. The highest BCUT2D eigenvalue weighted by molar-refractivity contribution is 5.77. The number of likely N-dealkylation sites (N-methyl/N-ethyl adjacent to an activating group) is 1. The van der Waals surface area contributed by atoms with Gasteiger partial charge in [0.25, 0.3) is 0 Å². The van der Waals surface area contributed by atoms with Crippen LogP contribution in [0.2, 0.25) is 0 Å². The number of rotatable bonds is 7. The number of nitrogens with one attached hydrogen (secondary N) is 2. The molecule has 1 aliphatic rings. The Hall–Kier alpha value is -1.46. The van der Waals surface area contributed by atoms with E-state index in [2.05, 4.69) is 46.5 Å². The summed E-state index contributed by atoms with van der Waals surface area (Å²) in [5.41, 5.74) is 1.13. The van der Waals surface area contributed by atoms with Gasteiger partial charge in [-0.15, -0.1) is 0 Å². The Morgan fingerprint density at radius 1 is 1.35 bits per heavy atom.